The summed E-state index contributed by atoms with van der Waals surface area (Å²) in [5.41, 5.74) is 0.816. The van der Waals surface area contributed by atoms with Crippen molar-refractivity contribution < 1.29 is 18.9 Å². The summed E-state index contributed by atoms with van der Waals surface area (Å²) < 4.78 is 5.03. The summed E-state index contributed by atoms with van der Waals surface area (Å²) in [7, 11) is 0. The van der Waals surface area contributed by atoms with Crippen LogP contribution in [0, 0.1) is 6.92 Å². The van der Waals surface area contributed by atoms with Crippen molar-refractivity contribution in [2.75, 3.05) is 11.4 Å². The summed E-state index contributed by atoms with van der Waals surface area (Å²) in [5.74, 6) is 0.0131. The maximum atomic E-state index is 13.4. The number of urea groups is 1. The Hall–Kier alpha value is -3.68. The highest BCUT2D eigenvalue weighted by molar-refractivity contribution is 6.25. The van der Waals surface area contributed by atoms with Crippen molar-refractivity contribution in [2.45, 2.75) is 31.5 Å². The zero-order chi connectivity index (χ0) is 20.6. The van der Waals surface area contributed by atoms with Crippen LogP contribution in [0.4, 0.5) is 10.5 Å². The minimum Gasteiger partial charge on any atom is -0.361 e. The predicted molar refractivity (Wildman–Crippen MR) is 107 cm³/mol. The van der Waals surface area contributed by atoms with Crippen LogP contribution < -0.4 is 4.90 Å². The minimum atomic E-state index is -0.660. The van der Waals surface area contributed by atoms with E-state index in [2.05, 4.69) is 5.16 Å². The lowest BCUT2D eigenvalue weighted by Gasteiger charge is -2.34. The Morgan fingerprint density at radius 2 is 1.93 bits per heavy atom. The molecule has 2 unspecified atom stereocenters. The molecule has 3 aliphatic heterocycles. The topological polar surface area (TPSA) is 87.0 Å². The van der Waals surface area contributed by atoms with Crippen LogP contribution in [-0.4, -0.2) is 57.5 Å². The first-order chi connectivity index (χ1) is 14.5. The number of fused-ring (bicyclic) bond motifs is 6. The zero-order valence-electron chi connectivity index (χ0n) is 16.2. The number of carbonyl (C=O) groups is 3. The Bertz CT molecular complexity index is 1230. The molecule has 3 aliphatic rings. The third-order valence-corrected chi connectivity index (χ3v) is 6.38. The van der Waals surface area contributed by atoms with Gasteiger partial charge in [-0.25, -0.2) is 9.69 Å². The molecule has 2 bridgehead atoms. The van der Waals surface area contributed by atoms with Crippen LogP contribution in [0.15, 0.2) is 53.1 Å². The van der Waals surface area contributed by atoms with E-state index in [0.717, 1.165) is 10.8 Å². The number of rotatable bonds is 2. The molecule has 0 spiro atoms. The Kier molecular flexibility index (Phi) is 3.39. The van der Waals surface area contributed by atoms with Gasteiger partial charge in [0.1, 0.15) is 11.8 Å². The number of anilines is 1. The molecule has 3 aromatic rings. The smallest absolute Gasteiger partial charge is 0.332 e. The summed E-state index contributed by atoms with van der Waals surface area (Å²) in [6.45, 7) is 2.12. The number of nitrogens with zero attached hydrogens (tertiary/aromatic N) is 4. The molecule has 4 heterocycles. The molecule has 8 heteroatoms. The van der Waals surface area contributed by atoms with Gasteiger partial charge in [0.25, 0.3) is 11.8 Å². The van der Waals surface area contributed by atoms with Gasteiger partial charge in [0.15, 0.2) is 5.69 Å². The van der Waals surface area contributed by atoms with Crippen molar-refractivity contribution >= 4 is 34.3 Å². The molecule has 3 atom stereocenters. The third-order valence-electron chi connectivity index (χ3n) is 6.38. The normalized spacial score (nSPS) is 25.0. The van der Waals surface area contributed by atoms with E-state index in [1.165, 1.54) is 4.90 Å². The lowest BCUT2D eigenvalue weighted by Crippen LogP contribution is -2.54. The average Bonchev–Trinajstić information content (AvgIpc) is 3.51. The monoisotopic (exact) mass is 402 g/mol. The lowest BCUT2D eigenvalue weighted by molar-refractivity contribution is -0.121. The Morgan fingerprint density at radius 1 is 1.13 bits per heavy atom. The SMILES string of the molecule is Cc1cc(C(=O)N2C[C@H]3CC2C2C(=O)N(c4cccc5ccccc45)C(=O)N23)no1. The fraction of sp³-hybridized carbons (Fsp3) is 0.273. The van der Waals surface area contributed by atoms with Gasteiger partial charge in [-0.2, -0.15) is 0 Å². The largest absolute Gasteiger partial charge is 0.361 e. The minimum absolute atomic E-state index is 0.173. The van der Waals surface area contributed by atoms with Crippen LogP contribution in [0.2, 0.25) is 0 Å². The van der Waals surface area contributed by atoms with E-state index in [4.69, 9.17) is 4.52 Å². The van der Waals surface area contributed by atoms with E-state index in [1.807, 2.05) is 36.4 Å². The fourth-order valence-corrected chi connectivity index (χ4v) is 5.13. The summed E-state index contributed by atoms with van der Waals surface area (Å²) >= 11 is 0. The van der Waals surface area contributed by atoms with Crippen molar-refractivity contribution in [1.29, 1.82) is 0 Å². The van der Waals surface area contributed by atoms with Crippen molar-refractivity contribution in [3.8, 4) is 0 Å². The fourth-order valence-electron chi connectivity index (χ4n) is 5.13. The number of likely N-dealkylation sites (tertiary alicyclic amines) is 1. The lowest BCUT2D eigenvalue weighted by atomic mass is 10.1. The molecule has 150 valence electrons. The van der Waals surface area contributed by atoms with Crippen molar-refractivity contribution in [3.63, 3.8) is 0 Å². The highest BCUT2D eigenvalue weighted by Crippen LogP contribution is 2.43. The van der Waals surface area contributed by atoms with Gasteiger partial charge in [0.05, 0.1) is 17.8 Å². The van der Waals surface area contributed by atoms with Gasteiger partial charge < -0.3 is 14.3 Å². The van der Waals surface area contributed by atoms with E-state index in [-0.39, 0.29) is 35.6 Å². The number of hydrogen-bond acceptors (Lipinski definition) is 5. The van der Waals surface area contributed by atoms with Gasteiger partial charge in [-0.1, -0.05) is 41.6 Å². The van der Waals surface area contributed by atoms with E-state index in [9.17, 15) is 14.4 Å². The van der Waals surface area contributed by atoms with Crippen molar-refractivity contribution in [3.05, 3.63) is 60.0 Å². The van der Waals surface area contributed by atoms with Gasteiger partial charge in [0.2, 0.25) is 0 Å². The second-order valence-corrected chi connectivity index (χ2v) is 8.04. The van der Waals surface area contributed by atoms with Crippen LogP contribution in [-0.2, 0) is 4.79 Å². The number of benzene rings is 2. The van der Waals surface area contributed by atoms with Crippen LogP contribution in [0.3, 0.4) is 0 Å². The van der Waals surface area contributed by atoms with Crippen molar-refractivity contribution in [1.82, 2.24) is 15.0 Å². The molecule has 30 heavy (non-hydrogen) atoms. The quantitative estimate of drug-likeness (QED) is 0.615. The molecule has 0 radical (unpaired) electrons. The predicted octanol–water partition coefficient (Wildman–Crippen LogP) is 2.57. The van der Waals surface area contributed by atoms with Crippen LogP contribution in [0.5, 0.6) is 0 Å². The Balaban J connectivity index is 1.36. The van der Waals surface area contributed by atoms with E-state index < -0.39 is 6.04 Å². The summed E-state index contributed by atoms with van der Waals surface area (Å²) in [6.07, 6.45) is 0.605. The molecule has 2 aromatic carbocycles. The summed E-state index contributed by atoms with van der Waals surface area (Å²) in [6, 6.07) is 13.4. The zero-order valence-corrected chi connectivity index (χ0v) is 16.2. The van der Waals surface area contributed by atoms with Crippen LogP contribution >= 0.6 is 0 Å². The van der Waals surface area contributed by atoms with E-state index >= 15 is 0 Å². The van der Waals surface area contributed by atoms with Gasteiger partial charge in [-0.15, -0.1) is 0 Å². The third kappa shape index (κ3) is 2.16. The molecule has 0 N–H and O–H groups in total. The molecule has 6 rings (SSSR count). The number of carbonyl (C=O) groups excluding carboxylic acids is 3. The number of imide groups is 1. The summed E-state index contributed by atoms with van der Waals surface area (Å²) in [4.78, 5) is 44.2. The van der Waals surface area contributed by atoms with Gasteiger partial charge in [0, 0.05) is 18.0 Å². The molecule has 0 aliphatic carbocycles. The molecule has 1 aromatic heterocycles. The maximum Gasteiger partial charge on any atom is 0.332 e. The second kappa shape index (κ2) is 5.91. The van der Waals surface area contributed by atoms with Gasteiger partial charge in [-0.3, -0.25) is 9.59 Å². The Morgan fingerprint density at radius 3 is 2.73 bits per heavy atom. The standard InChI is InChI=1S/C22H18N4O4/c1-12-9-16(23-30-12)20(27)24-11-14-10-18(24)19-21(28)26(22(29)25(14)19)17-8-4-6-13-5-2-3-7-15(13)17/h2-9,14,18-19H,10-11H2,1H3/t14-,18?,19?/m1/s1. The first-order valence-corrected chi connectivity index (χ1v) is 9.93. The highest BCUT2D eigenvalue weighted by Gasteiger charge is 2.63. The van der Waals surface area contributed by atoms with Crippen LogP contribution in [0.25, 0.3) is 10.8 Å². The number of amides is 4. The van der Waals surface area contributed by atoms with E-state index in [0.29, 0.717) is 24.4 Å². The van der Waals surface area contributed by atoms with Gasteiger partial charge in [-0.05, 0) is 24.8 Å². The molecule has 3 fully saturated rings. The van der Waals surface area contributed by atoms with Crippen LogP contribution in [0.1, 0.15) is 22.7 Å². The molecular weight excluding hydrogens is 384 g/mol. The number of piperazine rings is 1. The highest BCUT2D eigenvalue weighted by atomic mass is 16.5. The molecular formula is C22H18N4O4. The van der Waals surface area contributed by atoms with Crippen molar-refractivity contribution in [2.24, 2.45) is 0 Å². The first kappa shape index (κ1) is 17.2. The first-order valence-electron chi connectivity index (χ1n) is 9.93. The number of aromatic nitrogens is 1. The van der Waals surface area contributed by atoms with E-state index in [1.54, 1.807) is 28.9 Å². The number of aryl methyl sites for hydroxylation is 1. The average molecular weight is 402 g/mol. The molecule has 8 nitrogen and oxygen atoms in total. The van der Waals surface area contributed by atoms with Gasteiger partial charge >= 0.3 is 6.03 Å². The maximum absolute atomic E-state index is 13.4. The summed E-state index contributed by atoms with van der Waals surface area (Å²) in [5, 5.41) is 5.63. The molecule has 3 saturated heterocycles. The Labute approximate surface area is 171 Å². The number of hydrogen-bond donors (Lipinski definition) is 0. The second-order valence-electron chi connectivity index (χ2n) is 8.04. The molecule has 4 amide bonds. The molecule has 0 saturated carbocycles.